The van der Waals surface area contributed by atoms with Crippen LogP contribution in [0.15, 0.2) is 0 Å². The minimum Gasteiger partial charge on any atom is -0.481 e. The fourth-order valence-electron chi connectivity index (χ4n) is 2.11. The van der Waals surface area contributed by atoms with Crippen molar-refractivity contribution in [1.82, 2.24) is 15.5 Å². The zero-order valence-electron chi connectivity index (χ0n) is 12.2. The highest BCUT2D eigenvalue weighted by molar-refractivity contribution is 6.04. The molecule has 0 bridgehead atoms. The van der Waals surface area contributed by atoms with E-state index < -0.39 is 35.8 Å². The van der Waals surface area contributed by atoms with Crippen molar-refractivity contribution in [1.29, 1.82) is 0 Å². The van der Waals surface area contributed by atoms with Crippen molar-refractivity contribution in [3.63, 3.8) is 0 Å². The second-order valence-electron chi connectivity index (χ2n) is 5.08. The van der Waals surface area contributed by atoms with Crippen molar-refractivity contribution in [2.45, 2.75) is 39.2 Å². The van der Waals surface area contributed by atoms with E-state index in [9.17, 15) is 19.2 Å². The van der Waals surface area contributed by atoms with E-state index in [-0.39, 0.29) is 6.54 Å². The van der Waals surface area contributed by atoms with Gasteiger partial charge in [-0.05, 0) is 19.3 Å². The topological polar surface area (TPSA) is 116 Å². The number of nitrogens with one attached hydrogen (secondary N) is 2. The van der Waals surface area contributed by atoms with E-state index in [2.05, 4.69) is 10.6 Å². The van der Waals surface area contributed by atoms with Crippen LogP contribution in [-0.2, 0) is 14.4 Å². The van der Waals surface area contributed by atoms with Gasteiger partial charge >= 0.3 is 12.0 Å². The molecule has 0 saturated carbocycles. The number of hydrogen-bond acceptors (Lipinski definition) is 4. The molecule has 0 radical (unpaired) electrons. The van der Waals surface area contributed by atoms with Crippen molar-refractivity contribution in [3.05, 3.63) is 0 Å². The summed E-state index contributed by atoms with van der Waals surface area (Å²) in [4.78, 5) is 46.8. The fraction of sp³-hybridized carbons (Fsp3) is 0.692. The van der Waals surface area contributed by atoms with Gasteiger partial charge in [-0.25, -0.2) is 4.79 Å². The Morgan fingerprint density at radius 3 is 2.71 bits per heavy atom. The Morgan fingerprint density at radius 2 is 2.14 bits per heavy atom. The maximum Gasteiger partial charge on any atom is 0.318 e. The summed E-state index contributed by atoms with van der Waals surface area (Å²) < 4.78 is 0. The molecule has 0 aromatic heterocycles. The van der Waals surface area contributed by atoms with E-state index >= 15 is 0 Å². The van der Waals surface area contributed by atoms with Gasteiger partial charge in [0.05, 0.1) is 5.92 Å². The van der Waals surface area contributed by atoms with E-state index in [1.807, 2.05) is 0 Å². The molecule has 2 unspecified atom stereocenters. The minimum absolute atomic E-state index is 0.151. The van der Waals surface area contributed by atoms with Gasteiger partial charge in [0.2, 0.25) is 11.8 Å². The zero-order valence-corrected chi connectivity index (χ0v) is 12.2. The first kappa shape index (κ1) is 16.9. The van der Waals surface area contributed by atoms with Gasteiger partial charge in [-0.2, -0.15) is 0 Å². The third-order valence-corrected chi connectivity index (χ3v) is 3.41. The second-order valence-corrected chi connectivity index (χ2v) is 5.08. The van der Waals surface area contributed by atoms with Crippen LogP contribution < -0.4 is 10.6 Å². The lowest BCUT2D eigenvalue weighted by Gasteiger charge is -2.33. The molecule has 2 atom stereocenters. The Kier molecular flexibility index (Phi) is 6.13. The van der Waals surface area contributed by atoms with E-state index in [0.717, 1.165) is 0 Å². The maximum absolute atomic E-state index is 12.0. The summed E-state index contributed by atoms with van der Waals surface area (Å²) in [5.74, 6) is -2.30. The van der Waals surface area contributed by atoms with E-state index in [4.69, 9.17) is 5.11 Å². The molecule has 4 amide bonds. The van der Waals surface area contributed by atoms with Crippen molar-refractivity contribution in [2.24, 2.45) is 5.92 Å². The van der Waals surface area contributed by atoms with Crippen LogP contribution in [0.4, 0.5) is 4.79 Å². The zero-order chi connectivity index (χ0) is 16.0. The van der Waals surface area contributed by atoms with Crippen LogP contribution in [-0.4, -0.2) is 53.0 Å². The van der Waals surface area contributed by atoms with Crippen LogP contribution >= 0.6 is 0 Å². The van der Waals surface area contributed by atoms with Crippen LogP contribution in [0.5, 0.6) is 0 Å². The van der Waals surface area contributed by atoms with E-state index in [0.29, 0.717) is 25.8 Å². The smallest absolute Gasteiger partial charge is 0.318 e. The number of urea groups is 1. The number of aliphatic carboxylic acids is 1. The Morgan fingerprint density at radius 1 is 1.48 bits per heavy atom. The Bertz CT molecular complexity index is 438. The Hall–Kier alpha value is -2.12. The number of amides is 4. The average Bonchev–Trinajstić information content (AvgIpc) is 2.42. The number of carboxylic acid groups (broad SMARTS) is 1. The Balaban J connectivity index is 2.44. The Labute approximate surface area is 122 Å². The largest absolute Gasteiger partial charge is 0.481 e. The summed E-state index contributed by atoms with van der Waals surface area (Å²) >= 11 is 0. The molecule has 1 heterocycles. The summed E-state index contributed by atoms with van der Waals surface area (Å²) in [7, 11) is 0. The number of carboxylic acids is 1. The number of rotatable bonds is 6. The number of carbonyl (C=O) groups is 4. The maximum atomic E-state index is 12.0. The quantitative estimate of drug-likeness (QED) is 0.469. The SMILES string of the molecule is CCC1C(=O)NC(=O)CN1C(=O)NCCCC(C)C(=O)O. The van der Waals surface area contributed by atoms with Crippen LogP contribution in [0.2, 0.25) is 0 Å². The first-order chi connectivity index (χ1) is 9.86. The molecular weight excluding hydrogens is 278 g/mol. The van der Waals surface area contributed by atoms with Gasteiger partial charge < -0.3 is 15.3 Å². The van der Waals surface area contributed by atoms with E-state index in [1.54, 1.807) is 13.8 Å². The second kappa shape index (κ2) is 7.61. The highest BCUT2D eigenvalue weighted by Gasteiger charge is 2.35. The third-order valence-electron chi connectivity index (χ3n) is 3.41. The third kappa shape index (κ3) is 4.73. The highest BCUT2D eigenvalue weighted by atomic mass is 16.4. The van der Waals surface area contributed by atoms with Gasteiger partial charge in [-0.3, -0.25) is 19.7 Å². The van der Waals surface area contributed by atoms with Gasteiger partial charge in [0.1, 0.15) is 12.6 Å². The standard InChI is InChI=1S/C13H21N3O5/c1-3-9-11(18)15-10(17)7-16(9)13(21)14-6-4-5-8(2)12(19)20/h8-9H,3-7H2,1-2H3,(H,14,21)(H,19,20)(H,15,17,18). The summed E-state index contributed by atoms with van der Waals surface area (Å²) in [6.45, 7) is 3.51. The molecule has 0 aromatic carbocycles. The summed E-state index contributed by atoms with van der Waals surface area (Å²) in [5.41, 5.74) is 0. The van der Waals surface area contributed by atoms with Gasteiger partial charge in [0.25, 0.3) is 0 Å². The van der Waals surface area contributed by atoms with Gasteiger partial charge in [-0.1, -0.05) is 13.8 Å². The summed E-state index contributed by atoms with van der Waals surface area (Å²) in [6, 6.07) is -1.13. The number of carbonyl (C=O) groups excluding carboxylic acids is 3. The molecule has 1 saturated heterocycles. The number of imide groups is 1. The van der Waals surface area contributed by atoms with Crippen molar-refractivity contribution >= 4 is 23.8 Å². The first-order valence-corrected chi connectivity index (χ1v) is 6.97. The first-order valence-electron chi connectivity index (χ1n) is 6.97. The molecule has 0 aliphatic carbocycles. The molecule has 8 heteroatoms. The molecule has 8 nitrogen and oxygen atoms in total. The molecule has 3 N–H and O–H groups in total. The molecule has 0 spiro atoms. The highest BCUT2D eigenvalue weighted by Crippen LogP contribution is 2.09. The average molecular weight is 299 g/mol. The number of hydrogen-bond donors (Lipinski definition) is 3. The van der Waals surface area contributed by atoms with Crippen molar-refractivity contribution < 1.29 is 24.3 Å². The lowest BCUT2D eigenvalue weighted by atomic mass is 10.1. The molecule has 0 aromatic rings. The van der Waals surface area contributed by atoms with Crippen LogP contribution in [0, 0.1) is 5.92 Å². The lowest BCUT2D eigenvalue weighted by Crippen LogP contribution is -2.61. The molecule has 1 fully saturated rings. The lowest BCUT2D eigenvalue weighted by molar-refractivity contribution is -0.141. The van der Waals surface area contributed by atoms with Gasteiger partial charge in [0.15, 0.2) is 0 Å². The van der Waals surface area contributed by atoms with Gasteiger partial charge in [-0.15, -0.1) is 0 Å². The predicted octanol–water partition coefficient (Wildman–Crippen LogP) is -0.0661. The molecule has 1 aliphatic heterocycles. The van der Waals surface area contributed by atoms with E-state index in [1.165, 1.54) is 4.90 Å². The van der Waals surface area contributed by atoms with Gasteiger partial charge in [0, 0.05) is 6.54 Å². The van der Waals surface area contributed by atoms with Crippen molar-refractivity contribution in [2.75, 3.05) is 13.1 Å². The van der Waals surface area contributed by atoms with Crippen LogP contribution in [0.25, 0.3) is 0 Å². The normalized spacial score (nSPS) is 19.9. The summed E-state index contributed by atoms with van der Waals surface area (Å²) in [5, 5.41) is 13.6. The number of nitrogens with zero attached hydrogens (tertiary/aromatic N) is 1. The molecule has 1 rings (SSSR count). The molecule has 1 aliphatic rings. The molecular formula is C13H21N3O5. The summed E-state index contributed by atoms with van der Waals surface area (Å²) in [6.07, 6.45) is 1.39. The predicted molar refractivity (Wildman–Crippen MR) is 73.4 cm³/mol. The van der Waals surface area contributed by atoms with Crippen LogP contribution in [0.1, 0.15) is 33.1 Å². The number of piperazine rings is 1. The monoisotopic (exact) mass is 299 g/mol. The fourth-order valence-corrected chi connectivity index (χ4v) is 2.11. The molecule has 21 heavy (non-hydrogen) atoms. The minimum atomic E-state index is -0.870. The molecule has 118 valence electrons. The van der Waals surface area contributed by atoms with Crippen LogP contribution in [0.3, 0.4) is 0 Å². The van der Waals surface area contributed by atoms with Crippen molar-refractivity contribution in [3.8, 4) is 0 Å².